The summed E-state index contributed by atoms with van der Waals surface area (Å²) >= 11 is 0. The summed E-state index contributed by atoms with van der Waals surface area (Å²) in [6.45, 7) is 1.29. The number of rotatable bonds is 4. The summed E-state index contributed by atoms with van der Waals surface area (Å²) in [4.78, 5) is 4.63. The molecule has 0 radical (unpaired) electrons. The van der Waals surface area contributed by atoms with Gasteiger partial charge in [-0.2, -0.15) is 4.98 Å². The first-order valence-corrected chi connectivity index (χ1v) is 8.78. The second kappa shape index (κ2) is 6.35. The van der Waals surface area contributed by atoms with Crippen LogP contribution in [0, 0.1) is 5.82 Å². The molecular weight excluding hydrogens is 351 g/mol. The summed E-state index contributed by atoms with van der Waals surface area (Å²) < 4.78 is 35.2. The van der Waals surface area contributed by atoms with Crippen molar-refractivity contribution in [3.8, 4) is 11.5 Å². The number of nitrogens with zero attached hydrogens (tertiary/aromatic N) is 2. The van der Waals surface area contributed by atoms with Gasteiger partial charge in [0, 0.05) is 6.61 Å². The van der Waals surface area contributed by atoms with Crippen molar-refractivity contribution >= 4 is 0 Å². The van der Waals surface area contributed by atoms with Crippen LogP contribution in [0.4, 0.5) is 4.39 Å². The highest BCUT2D eigenvalue weighted by molar-refractivity contribution is 5.45. The van der Waals surface area contributed by atoms with Gasteiger partial charge in [-0.25, -0.2) is 4.39 Å². The van der Waals surface area contributed by atoms with Gasteiger partial charge < -0.3 is 18.7 Å². The van der Waals surface area contributed by atoms with Crippen LogP contribution in [0.1, 0.15) is 29.3 Å². The van der Waals surface area contributed by atoms with E-state index >= 15 is 0 Å². The lowest BCUT2D eigenvalue weighted by Crippen LogP contribution is -2.29. The average molecular weight is 368 g/mol. The first-order chi connectivity index (χ1) is 13.2. The van der Waals surface area contributed by atoms with Crippen LogP contribution < -0.4 is 9.47 Å². The quantitative estimate of drug-likeness (QED) is 0.704. The zero-order chi connectivity index (χ0) is 18.3. The number of hydrogen-bond acceptors (Lipinski definition) is 6. The Morgan fingerprint density at radius 3 is 2.70 bits per heavy atom. The first-order valence-electron chi connectivity index (χ1n) is 8.78. The lowest BCUT2D eigenvalue weighted by atomic mass is 9.79. The Morgan fingerprint density at radius 2 is 1.89 bits per heavy atom. The van der Waals surface area contributed by atoms with Gasteiger partial charge in [0.2, 0.25) is 12.7 Å². The molecule has 2 aromatic carbocycles. The van der Waals surface area contributed by atoms with E-state index in [1.807, 2.05) is 18.2 Å². The molecule has 1 atom stereocenters. The number of halogens is 1. The van der Waals surface area contributed by atoms with Crippen molar-refractivity contribution in [3.05, 3.63) is 71.1 Å². The Balaban J connectivity index is 1.44. The monoisotopic (exact) mass is 368 g/mol. The molecular formula is C20H17FN2O4. The van der Waals surface area contributed by atoms with E-state index in [0.29, 0.717) is 31.3 Å². The standard InChI is InChI=1S/C20H17FN2O4/c21-15-4-2-14(3-5-15)20(7-8-24-11-20)19-22-18(27-23-19)10-13-1-6-16-17(9-13)26-12-25-16/h1-6,9H,7-8,10-12H2/t20-/m0/s1. The highest BCUT2D eigenvalue weighted by Gasteiger charge is 2.42. The van der Waals surface area contributed by atoms with Crippen LogP contribution in [0.5, 0.6) is 11.5 Å². The van der Waals surface area contributed by atoms with Gasteiger partial charge in [-0.05, 0) is 41.8 Å². The minimum atomic E-state index is -0.510. The van der Waals surface area contributed by atoms with Crippen molar-refractivity contribution in [1.82, 2.24) is 10.1 Å². The summed E-state index contributed by atoms with van der Waals surface area (Å²) in [5.74, 6) is 2.27. The van der Waals surface area contributed by atoms with Crippen molar-refractivity contribution in [1.29, 1.82) is 0 Å². The van der Waals surface area contributed by atoms with Crippen LogP contribution in [0.15, 0.2) is 47.0 Å². The molecule has 0 unspecified atom stereocenters. The van der Waals surface area contributed by atoms with E-state index in [0.717, 1.165) is 29.0 Å². The van der Waals surface area contributed by atoms with E-state index in [1.54, 1.807) is 12.1 Å². The van der Waals surface area contributed by atoms with E-state index < -0.39 is 5.41 Å². The molecule has 0 saturated carbocycles. The number of benzene rings is 2. The minimum Gasteiger partial charge on any atom is -0.454 e. The normalized spacial score (nSPS) is 20.9. The number of aromatic nitrogens is 2. The van der Waals surface area contributed by atoms with Crippen molar-refractivity contribution < 1.29 is 23.1 Å². The maximum absolute atomic E-state index is 13.3. The topological polar surface area (TPSA) is 66.6 Å². The summed E-state index contributed by atoms with van der Waals surface area (Å²) in [5.41, 5.74) is 1.41. The summed E-state index contributed by atoms with van der Waals surface area (Å²) in [5, 5.41) is 4.22. The van der Waals surface area contributed by atoms with Gasteiger partial charge in [0.25, 0.3) is 0 Å². The molecule has 6 nitrogen and oxygen atoms in total. The molecule has 0 spiro atoms. The third kappa shape index (κ3) is 2.84. The Hall–Kier alpha value is -2.93. The molecule has 1 saturated heterocycles. The van der Waals surface area contributed by atoms with Gasteiger partial charge in [0.05, 0.1) is 18.4 Å². The fourth-order valence-electron chi connectivity index (χ4n) is 3.61. The summed E-state index contributed by atoms with van der Waals surface area (Å²) in [6.07, 6.45) is 1.21. The smallest absolute Gasteiger partial charge is 0.231 e. The van der Waals surface area contributed by atoms with Crippen LogP contribution in [-0.4, -0.2) is 30.1 Å². The van der Waals surface area contributed by atoms with Gasteiger partial charge in [-0.15, -0.1) is 0 Å². The lowest BCUT2D eigenvalue weighted by molar-refractivity contribution is 0.174. The van der Waals surface area contributed by atoms with Crippen molar-refractivity contribution in [3.63, 3.8) is 0 Å². The third-order valence-electron chi connectivity index (χ3n) is 5.11. The predicted octanol–water partition coefficient (Wildman–Crippen LogP) is 3.23. The molecule has 27 heavy (non-hydrogen) atoms. The zero-order valence-corrected chi connectivity index (χ0v) is 14.5. The highest BCUT2D eigenvalue weighted by Crippen LogP contribution is 2.38. The van der Waals surface area contributed by atoms with Crippen molar-refractivity contribution in [2.24, 2.45) is 0 Å². The van der Waals surface area contributed by atoms with Gasteiger partial charge in [-0.3, -0.25) is 0 Å². The molecule has 3 aromatic rings. The minimum absolute atomic E-state index is 0.240. The molecule has 2 aliphatic rings. The Kier molecular flexibility index (Phi) is 3.82. The van der Waals surface area contributed by atoms with Crippen LogP contribution in [0.2, 0.25) is 0 Å². The molecule has 0 bridgehead atoms. The molecule has 0 N–H and O–H groups in total. The maximum atomic E-state index is 13.3. The Morgan fingerprint density at radius 1 is 1.04 bits per heavy atom. The SMILES string of the molecule is Fc1ccc([C@]2(c3noc(Cc4ccc5c(c4)OCO5)n3)CCOC2)cc1. The molecule has 0 amide bonds. The molecule has 1 fully saturated rings. The van der Waals surface area contributed by atoms with Crippen molar-refractivity contribution in [2.75, 3.05) is 20.0 Å². The fourth-order valence-corrected chi connectivity index (χ4v) is 3.61. The highest BCUT2D eigenvalue weighted by atomic mass is 19.1. The van der Waals surface area contributed by atoms with Crippen molar-refractivity contribution in [2.45, 2.75) is 18.3 Å². The predicted molar refractivity (Wildman–Crippen MR) is 92.3 cm³/mol. The van der Waals surface area contributed by atoms with Crippen LogP contribution in [0.25, 0.3) is 0 Å². The average Bonchev–Trinajstić information content (AvgIpc) is 3.43. The number of ether oxygens (including phenoxy) is 3. The Bertz CT molecular complexity index is 964. The second-order valence-corrected chi connectivity index (χ2v) is 6.77. The lowest BCUT2D eigenvalue weighted by Gasteiger charge is -2.23. The van der Waals surface area contributed by atoms with Gasteiger partial charge >= 0.3 is 0 Å². The fraction of sp³-hybridized carbons (Fsp3) is 0.300. The van der Waals surface area contributed by atoms with E-state index in [9.17, 15) is 4.39 Å². The van der Waals surface area contributed by atoms with Gasteiger partial charge in [0.15, 0.2) is 17.3 Å². The molecule has 3 heterocycles. The Labute approximate surface area is 154 Å². The maximum Gasteiger partial charge on any atom is 0.231 e. The van der Waals surface area contributed by atoms with Gasteiger partial charge in [0.1, 0.15) is 5.82 Å². The summed E-state index contributed by atoms with van der Waals surface area (Å²) in [6, 6.07) is 12.2. The molecule has 7 heteroatoms. The van der Waals surface area contributed by atoms with Crippen LogP contribution in [0.3, 0.4) is 0 Å². The van der Waals surface area contributed by atoms with E-state index in [2.05, 4.69) is 10.1 Å². The number of hydrogen-bond donors (Lipinski definition) is 0. The van der Waals surface area contributed by atoms with E-state index in [-0.39, 0.29) is 12.6 Å². The first kappa shape index (κ1) is 16.3. The second-order valence-electron chi connectivity index (χ2n) is 6.77. The van der Waals surface area contributed by atoms with E-state index in [4.69, 9.17) is 18.7 Å². The molecule has 5 rings (SSSR count). The number of fused-ring (bicyclic) bond motifs is 1. The van der Waals surface area contributed by atoms with Gasteiger partial charge in [-0.1, -0.05) is 23.4 Å². The summed E-state index contributed by atoms with van der Waals surface area (Å²) in [7, 11) is 0. The van der Waals surface area contributed by atoms with E-state index in [1.165, 1.54) is 12.1 Å². The largest absolute Gasteiger partial charge is 0.454 e. The molecule has 1 aromatic heterocycles. The molecule has 2 aliphatic heterocycles. The molecule has 0 aliphatic carbocycles. The third-order valence-corrected chi connectivity index (χ3v) is 5.11. The van der Waals surface area contributed by atoms with Crippen LogP contribution >= 0.6 is 0 Å². The molecule has 138 valence electrons. The van der Waals surface area contributed by atoms with Crippen LogP contribution in [-0.2, 0) is 16.6 Å². The zero-order valence-electron chi connectivity index (χ0n) is 14.5.